The molecule has 5 heteroatoms. The van der Waals surface area contributed by atoms with Crippen molar-refractivity contribution in [1.29, 1.82) is 0 Å². The van der Waals surface area contributed by atoms with Gasteiger partial charge in [-0.1, -0.05) is 36.4 Å². The first-order chi connectivity index (χ1) is 9.72. The molecular formula is C15H13N3O2. The molecule has 1 N–H and O–H groups in total. The number of carboxylic acids is 1. The monoisotopic (exact) mass is 267 g/mol. The number of fused-ring (bicyclic) bond motifs is 1. The molecule has 0 spiro atoms. The van der Waals surface area contributed by atoms with Crippen LogP contribution in [0.3, 0.4) is 0 Å². The summed E-state index contributed by atoms with van der Waals surface area (Å²) >= 11 is 0. The second-order valence-electron chi connectivity index (χ2n) is 4.46. The van der Waals surface area contributed by atoms with Gasteiger partial charge in [0, 0.05) is 0 Å². The summed E-state index contributed by atoms with van der Waals surface area (Å²) in [5.41, 5.74) is 3.35. The van der Waals surface area contributed by atoms with Crippen LogP contribution < -0.4 is 0 Å². The third kappa shape index (κ3) is 1.84. The van der Waals surface area contributed by atoms with Gasteiger partial charge < -0.3 is 5.11 Å². The molecule has 0 atom stereocenters. The smallest absolute Gasteiger partial charge is 0.338 e. The average molecular weight is 267 g/mol. The highest BCUT2D eigenvalue weighted by Crippen LogP contribution is 2.22. The fraction of sp³-hybridized carbons (Fsp3) is 0.133. The number of para-hydroxylation sites is 1. The number of aromatic carboxylic acids is 1. The molecule has 0 fully saturated rings. The van der Waals surface area contributed by atoms with Gasteiger partial charge in [-0.15, -0.1) is 5.10 Å². The third-order valence-corrected chi connectivity index (χ3v) is 3.31. The minimum absolute atomic E-state index is 0.169. The molecule has 0 bridgehead atoms. The van der Waals surface area contributed by atoms with Crippen LogP contribution in [0.2, 0.25) is 0 Å². The number of carboxylic acid groups (broad SMARTS) is 1. The van der Waals surface area contributed by atoms with Crippen LogP contribution in [0.15, 0.2) is 42.5 Å². The van der Waals surface area contributed by atoms with Gasteiger partial charge in [0.2, 0.25) is 0 Å². The van der Waals surface area contributed by atoms with Crippen LogP contribution in [0.5, 0.6) is 0 Å². The molecule has 0 aliphatic carbocycles. The van der Waals surface area contributed by atoms with Crippen molar-refractivity contribution < 1.29 is 9.90 Å². The molecule has 5 nitrogen and oxygen atoms in total. The molecule has 0 saturated carbocycles. The Hall–Kier alpha value is -2.69. The van der Waals surface area contributed by atoms with Gasteiger partial charge in [-0.2, -0.15) is 0 Å². The van der Waals surface area contributed by atoms with E-state index in [1.54, 1.807) is 10.7 Å². The van der Waals surface area contributed by atoms with Crippen LogP contribution in [0.25, 0.3) is 16.7 Å². The lowest BCUT2D eigenvalue weighted by molar-refractivity contribution is 0.0699. The number of carbonyl (C=O) groups is 1. The van der Waals surface area contributed by atoms with Crippen molar-refractivity contribution in [1.82, 2.24) is 15.0 Å². The molecule has 100 valence electrons. The van der Waals surface area contributed by atoms with Crippen LogP contribution in [0, 0.1) is 0 Å². The van der Waals surface area contributed by atoms with E-state index in [9.17, 15) is 9.90 Å². The SMILES string of the molecule is CCc1ccccc1-n1nnc2c(C(=O)O)cccc21. The van der Waals surface area contributed by atoms with E-state index in [4.69, 9.17) is 0 Å². The number of aromatic nitrogens is 3. The van der Waals surface area contributed by atoms with E-state index < -0.39 is 5.97 Å². The second kappa shape index (κ2) is 4.77. The zero-order valence-corrected chi connectivity index (χ0v) is 10.9. The van der Waals surface area contributed by atoms with Crippen LogP contribution >= 0.6 is 0 Å². The second-order valence-corrected chi connectivity index (χ2v) is 4.46. The van der Waals surface area contributed by atoms with Gasteiger partial charge >= 0.3 is 5.97 Å². The number of hydrogen-bond donors (Lipinski definition) is 1. The van der Waals surface area contributed by atoms with Crippen molar-refractivity contribution in [2.75, 3.05) is 0 Å². The van der Waals surface area contributed by atoms with E-state index in [-0.39, 0.29) is 5.56 Å². The van der Waals surface area contributed by atoms with Crippen LogP contribution in [-0.2, 0) is 6.42 Å². The highest BCUT2D eigenvalue weighted by atomic mass is 16.4. The molecule has 0 saturated heterocycles. The van der Waals surface area contributed by atoms with Crippen LogP contribution in [0.4, 0.5) is 0 Å². The Labute approximate surface area is 115 Å². The van der Waals surface area contributed by atoms with E-state index in [1.807, 2.05) is 30.3 Å². The van der Waals surface area contributed by atoms with Gasteiger partial charge in [0.25, 0.3) is 0 Å². The number of nitrogens with zero attached hydrogens (tertiary/aromatic N) is 3. The first-order valence-corrected chi connectivity index (χ1v) is 6.38. The average Bonchev–Trinajstić information content (AvgIpc) is 2.90. The summed E-state index contributed by atoms with van der Waals surface area (Å²) in [5.74, 6) is -0.994. The largest absolute Gasteiger partial charge is 0.478 e. The van der Waals surface area contributed by atoms with Crippen molar-refractivity contribution >= 4 is 17.0 Å². The number of benzene rings is 2. The molecule has 0 radical (unpaired) electrons. The summed E-state index contributed by atoms with van der Waals surface area (Å²) in [6, 6.07) is 13.0. The quantitative estimate of drug-likeness (QED) is 0.792. The first-order valence-electron chi connectivity index (χ1n) is 6.38. The molecule has 0 unspecified atom stereocenters. The Balaban J connectivity index is 2.28. The minimum Gasteiger partial charge on any atom is -0.478 e. The standard InChI is InChI=1S/C15H13N3O2/c1-2-10-6-3-4-8-12(10)18-13-9-5-7-11(15(19)20)14(13)16-17-18/h3-9H,2H2,1H3,(H,19,20). The maximum Gasteiger partial charge on any atom is 0.338 e. The molecule has 3 rings (SSSR count). The zero-order valence-electron chi connectivity index (χ0n) is 10.9. The Morgan fingerprint density at radius 2 is 2.00 bits per heavy atom. The van der Waals surface area contributed by atoms with Crippen molar-refractivity contribution in [3.05, 3.63) is 53.6 Å². The lowest BCUT2D eigenvalue weighted by Gasteiger charge is -2.07. The number of aryl methyl sites for hydroxylation is 1. The molecule has 20 heavy (non-hydrogen) atoms. The molecule has 2 aromatic carbocycles. The first kappa shape index (κ1) is 12.3. The van der Waals surface area contributed by atoms with Gasteiger partial charge in [-0.05, 0) is 30.2 Å². The van der Waals surface area contributed by atoms with Crippen molar-refractivity contribution in [2.24, 2.45) is 0 Å². The fourth-order valence-electron chi connectivity index (χ4n) is 2.31. The van der Waals surface area contributed by atoms with Crippen LogP contribution in [-0.4, -0.2) is 26.1 Å². The number of hydrogen-bond acceptors (Lipinski definition) is 3. The topological polar surface area (TPSA) is 68.0 Å². The molecule has 0 aliphatic heterocycles. The molecule has 1 heterocycles. The van der Waals surface area contributed by atoms with E-state index >= 15 is 0 Å². The van der Waals surface area contributed by atoms with Crippen molar-refractivity contribution in [3.8, 4) is 5.69 Å². The summed E-state index contributed by atoms with van der Waals surface area (Å²) in [6.45, 7) is 2.07. The maximum absolute atomic E-state index is 11.2. The summed E-state index contributed by atoms with van der Waals surface area (Å²) in [6.07, 6.45) is 0.871. The summed E-state index contributed by atoms with van der Waals surface area (Å²) in [4.78, 5) is 11.2. The fourth-order valence-corrected chi connectivity index (χ4v) is 2.31. The van der Waals surface area contributed by atoms with E-state index in [0.717, 1.165) is 17.7 Å². The zero-order chi connectivity index (χ0) is 14.1. The maximum atomic E-state index is 11.2. The summed E-state index contributed by atoms with van der Waals surface area (Å²) in [5, 5.41) is 17.3. The Morgan fingerprint density at radius 3 is 2.75 bits per heavy atom. The van der Waals surface area contributed by atoms with Gasteiger partial charge in [0.15, 0.2) is 0 Å². The highest BCUT2D eigenvalue weighted by molar-refractivity contribution is 6.00. The summed E-state index contributed by atoms with van der Waals surface area (Å²) < 4.78 is 1.70. The van der Waals surface area contributed by atoms with Crippen molar-refractivity contribution in [2.45, 2.75) is 13.3 Å². The molecule has 0 amide bonds. The normalized spacial score (nSPS) is 10.8. The highest BCUT2D eigenvalue weighted by Gasteiger charge is 2.15. The predicted octanol–water partition coefficient (Wildman–Crippen LogP) is 2.68. The minimum atomic E-state index is -0.994. The van der Waals surface area contributed by atoms with E-state index in [2.05, 4.69) is 17.2 Å². The molecule has 1 aromatic heterocycles. The Bertz CT molecular complexity index is 793. The van der Waals surface area contributed by atoms with Gasteiger partial charge in [0.05, 0.1) is 16.8 Å². The van der Waals surface area contributed by atoms with Crippen LogP contribution in [0.1, 0.15) is 22.8 Å². The molecular weight excluding hydrogens is 254 g/mol. The van der Waals surface area contributed by atoms with E-state index in [0.29, 0.717) is 11.0 Å². The number of rotatable bonds is 3. The van der Waals surface area contributed by atoms with E-state index in [1.165, 1.54) is 6.07 Å². The van der Waals surface area contributed by atoms with Crippen molar-refractivity contribution in [3.63, 3.8) is 0 Å². The predicted molar refractivity (Wildman–Crippen MR) is 75.2 cm³/mol. The lowest BCUT2D eigenvalue weighted by Crippen LogP contribution is -2.01. The van der Waals surface area contributed by atoms with Gasteiger partial charge in [0.1, 0.15) is 5.52 Å². The molecule has 0 aliphatic rings. The lowest BCUT2D eigenvalue weighted by atomic mass is 10.1. The summed E-state index contributed by atoms with van der Waals surface area (Å²) in [7, 11) is 0. The Morgan fingerprint density at radius 1 is 1.20 bits per heavy atom. The Kier molecular flexibility index (Phi) is 2.95. The van der Waals surface area contributed by atoms with Gasteiger partial charge in [-0.25, -0.2) is 9.48 Å². The third-order valence-electron chi connectivity index (χ3n) is 3.31. The molecule has 3 aromatic rings. The van der Waals surface area contributed by atoms with Gasteiger partial charge in [-0.3, -0.25) is 0 Å².